The third-order valence-electron chi connectivity index (χ3n) is 4.94. The number of hydrogen-bond acceptors (Lipinski definition) is 1. The maximum atomic E-state index is 12.1. The summed E-state index contributed by atoms with van der Waals surface area (Å²) < 4.78 is 40.3. The molecular formula is C19H28F3OSi. The van der Waals surface area contributed by atoms with Crippen molar-refractivity contribution in [2.45, 2.75) is 76.4 Å². The number of hydrogen-bond donors (Lipinski definition) is 0. The van der Waals surface area contributed by atoms with Crippen molar-refractivity contribution < 1.29 is 17.9 Å². The van der Waals surface area contributed by atoms with Crippen LogP contribution in [0.2, 0.25) is 18.1 Å². The predicted molar refractivity (Wildman–Crippen MR) is 93.9 cm³/mol. The quantitative estimate of drug-likeness (QED) is 0.375. The van der Waals surface area contributed by atoms with Crippen LogP contribution < -0.4 is 4.74 Å². The molecule has 0 aromatic heterocycles. The molecule has 1 aromatic rings. The second-order valence-electron chi connectivity index (χ2n) is 6.88. The van der Waals surface area contributed by atoms with Gasteiger partial charge in [0, 0.05) is 8.80 Å². The fraction of sp³-hybridized carbons (Fsp3) is 0.684. The molecule has 1 saturated heterocycles. The van der Waals surface area contributed by atoms with Gasteiger partial charge in [-0.2, -0.15) is 0 Å². The molecule has 5 heteroatoms. The molecule has 0 N–H and O–H groups in total. The molecular weight excluding hydrogens is 329 g/mol. The third-order valence-corrected chi connectivity index (χ3v) is 8.00. The molecule has 0 saturated carbocycles. The first kappa shape index (κ1) is 19.4. The summed E-state index contributed by atoms with van der Waals surface area (Å²) in [6, 6.07) is 10.7. The van der Waals surface area contributed by atoms with Gasteiger partial charge in [0.05, 0.1) is 0 Å². The molecule has 0 spiro atoms. The van der Waals surface area contributed by atoms with Gasteiger partial charge in [-0.25, -0.2) is 0 Å². The second-order valence-corrected chi connectivity index (χ2v) is 9.88. The Kier molecular flexibility index (Phi) is 7.66. The molecule has 0 bridgehead atoms. The van der Waals surface area contributed by atoms with Crippen molar-refractivity contribution in [3.05, 3.63) is 29.8 Å². The van der Waals surface area contributed by atoms with Crippen molar-refractivity contribution in [3.63, 3.8) is 0 Å². The van der Waals surface area contributed by atoms with E-state index in [0.29, 0.717) is 0 Å². The number of halogens is 3. The van der Waals surface area contributed by atoms with Crippen LogP contribution in [0.1, 0.15) is 51.0 Å². The predicted octanol–water partition coefficient (Wildman–Crippen LogP) is 6.61. The lowest BCUT2D eigenvalue weighted by molar-refractivity contribution is -0.274. The van der Waals surface area contributed by atoms with E-state index in [1.165, 1.54) is 62.4 Å². The topological polar surface area (TPSA) is 9.23 Å². The van der Waals surface area contributed by atoms with E-state index in [1.54, 1.807) is 12.1 Å². The van der Waals surface area contributed by atoms with Crippen LogP contribution in [-0.2, 0) is 6.42 Å². The lowest BCUT2D eigenvalue weighted by Gasteiger charge is -2.27. The Labute approximate surface area is 145 Å². The molecule has 2 rings (SSSR count). The van der Waals surface area contributed by atoms with Gasteiger partial charge in [-0.05, 0) is 36.5 Å². The average molecular weight is 358 g/mol. The molecule has 24 heavy (non-hydrogen) atoms. The van der Waals surface area contributed by atoms with Crippen LogP contribution in [0.4, 0.5) is 13.2 Å². The Morgan fingerprint density at radius 3 is 2.33 bits per heavy atom. The number of rotatable bonds is 8. The van der Waals surface area contributed by atoms with Gasteiger partial charge in [-0.15, -0.1) is 13.2 Å². The first-order valence-electron chi connectivity index (χ1n) is 9.14. The van der Waals surface area contributed by atoms with Crippen LogP contribution in [0.5, 0.6) is 5.75 Å². The normalized spacial score (nSPS) is 17.2. The van der Waals surface area contributed by atoms with Crippen LogP contribution >= 0.6 is 0 Å². The van der Waals surface area contributed by atoms with E-state index in [4.69, 9.17) is 0 Å². The molecule has 1 aliphatic rings. The van der Waals surface area contributed by atoms with E-state index in [1.807, 2.05) is 0 Å². The van der Waals surface area contributed by atoms with E-state index in [0.717, 1.165) is 24.3 Å². The molecule has 1 radical (unpaired) electrons. The van der Waals surface area contributed by atoms with Crippen LogP contribution in [0.15, 0.2) is 24.3 Å². The third kappa shape index (κ3) is 7.28. The smallest absolute Gasteiger partial charge is 0.406 e. The van der Waals surface area contributed by atoms with Gasteiger partial charge < -0.3 is 4.74 Å². The van der Waals surface area contributed by atoms with Gasteiger partial charge >= 0.3 is 6.36 Å². The highest BCUT2D eigenvalue weighted by atomic mass is 28.3. The van der Waals surface area contributed by atoms with Crippen LogP contribution in [0, 0.1) is 5.92 Å². The fourth-order valence-electron chi connectivity index (χ4n) is 3.48. The van der Waals surface area contributed by atoms with Crippen LogP contribution in [-0.4, -0.2) is 15.2 Å². The molecule has 1 aromatic carbocycles. The Morgan fingerprint density at radius 1 is 1.08 bits per heavy atom. The molecule has 0 aliphatic carbocycles. The molecule has 0 amide bonds. The summed E-state index contributed by atoms with van der Waals surface area (Å²) in [6.45, 7) is 2.26. The standard InChI is InChI=1S/C19H28F3OSi/c1-2-3-4-13-24-14-11-17(12-15-24)6-5-16-7-9-18(10-8-16)23-19(20,21)22/h7-10,17H,2-6,11-15H2,1H3. The lowest BCUT2D eigenvalue weighted by atomic mass is 9.94. The van der Waals surface area contributed by atoms with E-state index < -0.39 is 6.36 Å². The summed E-state index contributed by atoms with van der Waals surface area (Å²) in [6.07, 6.45) is 4.32. The lowest BCUT2D eigenvalue weighted by Crippen LogP contribution is -2.21. The van der Waals surface area contributed by atoms with Gasteiger partial charge in [0.15, 0.2) is 0 Å². The molecule has 1 fully saturated rings. The molecule has 135 valence electrons. The fourth-order valence-corrected chi connectivity index (χ4v) is 6.61. The Hall–Kier alpha value is -0.973. The zero-order valence-corrected chi connectivity index (χ0v) is 15.5. The average Bonchev–Trinajstić information content (AvgIpc) is 2.54. The Bertz CT molecular complexity index is 464. The number of aryl methyl sites for hydroxylation is 1. The number of benzene rings is 1. The van der Waals surface area contributed by atoms with E-state index in [2.05, 4.69) is 11.7 Å². The monoisotopic (exact) mass is 357 g/mol. The van der Waals surface area contributed by atoms with Crippen LogP contribution in [0.3, 0.4) is 0 Å². The molecule has 1 aliphatic heterocycles. The highest BCUT2D eigenvalue weighted by Gasteiger charge is 2.31. The van der Waals surface area contributed by atoms with E-state index in [-0.39, 0.29) is 14.5 Å². The SMILES string of the molecule is CCCCC[Si]1CCC(CCc2ccc(OC(F)(F)F)cc2)CC1. The van der Waals surface area contributed by atoms with E-state index >= 15 is 0 Å². The van der Waals surface area contributed by atoms with Gasteiger partial charge in [0.2, 0.25) is 0 Å². The van der Waals surface area contributed by atoms with Crippen molar-refractivity contribution in [3.8, 4) is 5.75 Å². The van der Waals surface area contributed by atoms with Crippen molar-refractivity contribution in [1.29, 1.82) is 0 Å². The van der Waals surface area contributed by atoms with Crippen LogP contribution in [0.25, 0.3) is 0 Å². The van der Waals surface area contributed by atoms with Crippen molar-refractivity contribution in [2.75, 3.05) is 0 Å². The maximum absolute atomic E-state index is 12.1. The molecule has 1 heterocycles. The second kappa shape index (κ2) is 9.49. The van der Waals surface area contributed by atoms with Gasteiger partial charge in [0.1, 0.15) is 5.75 Å². The van der Waals surface area contributed by atoms with Crippen molar-refractivity contribution in [2.24, 2.45) is 5.92 Å². The summed E-state index contributed by atoms with van der Waals surface area (Å²) in [7, 11) is -0.0807. The highest BCUT2D eigenvalue weighted by molar-refractivity contribution is 6.58. The minimum Gasteiger partial charge on any atom is -0.406 e. The largest absolute Gasteiger partial charge is 0.573 e. The van der Waals surface area contributed by atoms with E-state index in [9.17, 15) is 13.2 Å². The molecule has 1 nitrogen and oxygen atoms in total. The Morgan fingerprint density at radius 2 is 1.75 bits per heavy atom. The molecule has 0 atom stereocenters. The first-order chi connectivity index (χ1) is 11.5. The summed E-state index contributed by atoms with van der Waals surface area (Å²) >= 11 is 0. The zero-order chi connectivity index (χ0) is 17.4. The minimum atomic E-state index is -4.61. The summed E-state index contributed by atoms with van der Waals surface area (Å²) in [5.41, 5.74) is 1.10. The summed E-state index contributed by atoms with van der Waals surface area (Å²) in [4.78, 5) is 0. The van der Waals surface area contributed by atoms with Gasteiger partial charge in [0.25, 0.3) is 0 Å². The van der Waals surface area contributed by atoms with Crippen molar-refractivity contribution >= 4 is 8.80 Å². The number of alkyl halides is 3. The van der Waals surface area contributed by atoms with Gasteiger partial charge in [-0.1, -0.05) is 69.3 Å². The number of unbranched alkanes of at least 4 members (excludes halogenated alkanes) is 2. The van der Waals surface area contributed by atoms with Gasteiger partial charge in [-0.3, -0.25) is 0 Å². The summed E-state index contributed by atoms with van der Waals surface area (Å²) in [5, 5.41) is 0. The zero-order valence-electron chi connectivity index (χ0n) is 14.5. The first-order valence-corrected chi connectivity index (χ1v) is 11.3. The van der Waals surface area contributed by atoms with Crippen molar-refractivity contribution in [1.82, 2.24) is 0 Å². The Balaban J connectivity index is 1.67. The highest BCUT2D eigenvalue weighted by Crippen LogP contribution is 2.31. The number of ether oxygens (including phenoxy) is 1. The maximum Gasteiger partial charge on any atom is 0.573 e. The minimum absolute atomic E-state index is 0.0807. The summed E-state index contributed by atoms with van der Waals surface area (Å²) in [5.74, 6) is 0.666. The molecule has 0 unspecified atom stereocenters.